The van der Waals surface area contributed by atoms with E-state index < -0.39 is 0 Å². The standard InChI is InChI=1S/C14H18N2O2S/c15-13(19)6-8-16(12-4-2-1-3-5-12)14(17)11-7-9-18-10-11/h1-5,11H,6-10H2,(H2,15,19). The van der Waals surface area contributed by atoms with Crippen molar-refractivity contribution >= 4 is 28.8 Å². The second-order valence-corrected chi connectivity index (χ2v) is 5.13. The number of para-hydroxylation sites is 1. The highest BCUT2D eigenvalue weighted by molar-refractivity contribution is 7.80. The third-order valence-corrected chi connectivity index (χ3v) is 3.40. The number of hydrogen-bond acceptors (Lipinski definition) is 3. The number of nitrogens with two attached hydrogens (primary N) is 1. The predicted molar refractivity (Wildman–Crippen MR) is 79.1 cm³/mol. The molecule has 1 aliphatic rings. The summed E-state index contributed by atoms with van der Waals surface area (Å²) in [4.78, 5) is 14.7. The lowest BCUT2D eigenvalue weighted by Gasteiger charge is -2.25. The second kappa shape index (κ2) is 6.63. The third-order valence-electron chi connectivity index (χ3n) is 3.19. The molecular weight excluding hydrogens is 260 g/mol. The van der Waals surface area contributed by atoms with E-state index in [1.54, 1.807) is 4.90 Å². The second-order valence-electron chi connectivity index (χ2n) is 4.60. The van der Waals surface area contributed by atoms with Gasteiger partial charge in [0.2, 0.25) is 5.91 Å². The van der Waals surface area contributed by atoms with Crippen LogP contribution in [0.15, 0.2) is 30.3 Å². The zero-order valence-corrected chi connectivity index (χ0v) is 11.6. The van der Waals surface area contributed by atoms with E-state index in [4.69, 9.17) is 22.7 Å². The molecule has 4 nitrogen and oxygen atoms in total. The number of carbonyl (C=O) groups excluding carboxylic acids is 1. The SMILES string of the molecule is NC(=S)CCN(C(=O)C1CCOC1)c1ccccc1. The number of rotatable bonds is 5. The van der Waals surface area contributed by atoms with Gasteiger partial charge in [-0.2, -0.15) is 0 Å². The van der Waals surface area contributed by atoms with Crippen LogP contribution in [0, 0.1) is 5.92 Å². The molecule has 1 aromatic carbocycles. The highest BCUT2D eigenvalue weighted by Gasteiger charge is 2.28. The molecule has 1 heterocycles. The van der Waals surface area contributed by atoms with Gasteiger partial charge >= 0.3 is 0 Å². The predicted octanol–water partition coefficient (Wildman–Crippen LogP) is 1.73. The first kappa shape index (κ1) is 14.0. The van der Waals surface area contributed by atoms with Crippen LogP contribution in [0.1, 0.15) is 12.8 Å². The fourth-order valence-corrected chi connectivity index (χ4v) is 2.24. The van der Waals surface area contributed by atoms with Crippen molar-refractivity contribution in [1.82, 2.24) is 0 Å². The summed E-state index contributed by atoms with van der Waals surface area (Å²) in [6.45, 7) is 1.69. The average molecular weight is 278 g/mol. The lowest BCUT2D eigenvalue weighted by Crippen LogP contribution is -2.38. The Labute approximate surface area is 118 Å². The summed E-state index contributed by atoms with van der Waals surface area (Å²) in [7, 11) is 0. The molecule has 0 aliphatic carbocycles. The van der Waals surface area contributed by atoms with Gasteiger partial charge in [-0.15, -0.1) is 0 Å². The van der Waals surface area contributed by atoms with Crippen LogP contribution < -0.4 is 10.6 Å². The third kappa shape index (κ3) is 3.75. The van der Waals surface area contributed by atoms with Crippen molar-refractivity contribution in [3.8, 4) is 0 Å². The van der Waals surface area contributed by atoms with Crippen LogP contribution in [-0.4, -0.2) is 30.7 Å². The molecule has 0 saturated carbocycles. The topological polar surface area (TPSA) is 55.6 Å². The van der Waals surface area contributed by atoms with Gasteiger partial charge in [0.1, 0.15) is 0 Å². The number of ether oxygens (including phenoxy) is 1. The molecule has 5 heteroatoms. The van der Waals surface area contributed by atoms with Gasteiger partial charge in [0.05, 0.1) is 17.5 Å². The van der Waals surface area contributed by atoms with Crippen LogP contribution >= 0.6 is 12.2 Å². The molecule has 1 aromatic rings. The molecular formula is C14H18N2O2S. The molecule has 1 amide bonds. The molecule has 1 atom stereocenters. The van der Waals surface area contributed by atoms with Gasteiger partial charge in [-0.3, -0.25) is 4.79 Å². The van der Waals surface area contributed by atoms with Gasteiger partial charge in [0, 0.05) is 25.3 Å². The number of hydrogen-bond donors (Lipinski definition) is 1. The average Bonchev–Trinajstić information content (AvgIpc) is 2.93. The maximum absolute atomic E-state index is 12.5. The van der Waals surface area contributed by atoms with E-state index in [0.717, 1.165) is 12.1 Å². The molecule has 102 valence electrons. The van der Waals surface area contributed by atoms with Crippen LogP contribution in [0.4, 0.5) is 5.69 Å². The van der Waals surface area contributed by atoms with Gasteiger partial charge in [-0.1, -0.05) is 30.4 Å². The number of nitrogens with zero attached hydrogens (tertiary/aromatic N) is 1. The maximum Gasteiger partial charge on any atom is 0.232 e. The molecule has 1 unspecified atom stereocenters. The summed E-state index contributed by atoms with van der Waals surface area (Å²) in [5.41, 5.74) is 6.43. The van der Waals surface area contributed by atoms with Crippen LogP contribution in [0.5, 0.6) is 0 Å². The Kier molecular flexibility index (Phi) is 4.87. The van der Waals surface area contributed by atoms with Crippen LogP contribution in [-0.2, 0) is 9.53 Å². The van der Waals surface area contributed by atoms with E-state index in [1.165, 1.54) is 0 Å². The molecule has 0 radical (unpaired) electrons. The fourth-order valence-electron chi connectivity index (χ4n) is 2.15. The van der Waals surface area contributed by atoms with Gasteiger partial charge in [0.25, 0.3) is 0 Å². The summed E-state index contributed by atoms with van der Waals surface area (Å²) < 4.78 is 5.29. The summed E-state index contributed by atoms with van der Waals surface area (Å²) >= 11 is 4.90. The van der Waals surface area contributed by atoms with Crippen molar-refractivity contribution < 1.29 is 9.53 Å². The molecule has 2 N–H and O–H groups in total. The fraction of sp³-hybridized carbons (Fsp3) is 0.429. The molecule has 19 heavy (non-hydrogen) atoms. The van der Waals surface area contributed by atoms with Crippen molar-refractivity contribution in [2.75, 3.05) is 24.7 Å². The summed E-state index contributed by atoms with van der Waals surface area (Å²) in [6.07, 6.45) is 1.32. The molecule has 0 aromatic heterocycles. The first-order valence-electron chi connectivity index (χ1n) is 6.41. The zero-order chi connectivity index (χ0) is 13.7. The lowest BCUT2D eigenvalue weighted by atomic mass is 10.1. The van der Waals surface area contributed by atoms with E-state index in [1.807, 2.05) is 30.3 Å². The largest absolute Gasteiger partial charge is 0.393 e. The van der Waals surface area contributed by atoms with Crippen molar-refractivity contribution in [3.63, 3.8) is 0 Å². The van der Waals surface area contributed by atoms with Crippen LogP contribution in [0.2, 0.25) is 0 Å². The number of benzene rings is 1. The summed E-state index contributed by atoms with van der Waals surface area (Å²) in [5, 5.41) is 0. The number of thiocarbonyl (C=S) groups is 1. The summed E-state index contributed by atoms with van der Waals surface area (Å²) in [6, 6.07) is 9.61. The highest BCUT2D eigenvalue weighted by Crippen LogP contribution is 2.21. The van der Waals surface area contributed by atoms with E-state index in [2.05, 4.69) is 0 Å². The first-order valence-corrected chi connectivity index (χ1v) is 6.82. The molecule has 2 rings (SSSR count). The monoisotopic (exact) mass is 278 g/mol. The Morgan fingerprint density at radius 3 is 2.74 bits per heavy atom. The Morgan fingerprint density at radius 2 is 2.16 bits per heavy atom. The Hall–Kier alpha value is -1.46. The van der Waals surface area contributed by atoms with E-state index in [-0.39, 0.29) is 11.8 Å². The van der Waals surface area contributed by atoms with Crippen molar-refractivity contribution in [2.24, 2.45) is 11.7 Å². The van der Waals surface area contributed by atoms with E-state index >= 15 is 0 Å². The zero-order valence-electron chi connectivity index (χ0n) is 10.7. The molecule has 1 aliphatic heterocycles. The van der Waals surface area contributed by atoms with Crippen LogP contribution in [0.3, 0.4) is 0 Å². The minimum Gasteiger partial charge on any atom is -0.393 e. The quantitative estimate of drug-likeness (QED) is 0.833. The van der Waals surface area contributed by atoms with E-state index in [9.17, 15) is 4.79 Å². The number of carbonyl (C=O) groups is 1. The summed E-state index contributed by atoms with van der Waals surface area (Å²) in [5.74, 6) is 0.0477. The van der Waals surface area contributed by atoms with Gasteiger partial charge in [-0.25, -0.2) is 0 Å². The van der Waals surface area contributed by atoms with Gasteiger partial charge in [0.15, 0.2) is 0 Å². The number of anilines is 1. The number of amides is 1. The van der Waals surface area contributed by atoms with E-state index in [0.29, 0.717) is 31.2 Å². The molecule has 1 fully saturated rings. The first-order chi connectivity index (χ1) is 9.18. The lowest BCUT2D eigenvalue weighted by molar-refractivity contribution is -0.122. The Morgan fingerprint density at radius 1 is 1.42 bits per heavy atom. The van der Waals surface area contributed by atoms with Crippen molar-refractivity contribution in [1.29, 1.82) is 0 Å². The highest BCUT2D eigenvalue weighted by atomic mass is 32.1. The van der Waals surface area contributed by atoms with Gasteiger partial charge in [-0.05, 0) is 18.6 Å². The molecule has 0 bridgehead atoms. The Balaban J connectivity index is 2.13. The van der Waals surface area contributed by atoms with Crippen molar-refractivity contribution in [2.45, 2.75) is 12.8 Å². The van der Waals surface area contributed by atoms with Crippen molar-refractivity contribution in [3.05, 3.63) is 30.3 Å². The molecule has 1 saturated heterocycles. The van der Waals surface area contributed by atoms with Gasteiger partial charge < -0.3 is 15.4 Å². The minimum absolute atomic E-state index is 0.0495. The Bertz CT molecular complexity index is 444. The molecule has 0 spiro atoms. The van der Waals surface area contributed by atoms with Crippen LogP contribution in [0.25, 0.3) is 0 Å². The smallest absolute Gasteiger partial charge is 0.232 e. The minimum atomic E-state index is -0.0495. The maximum atomic E-state index is 12.5. The normalized spacial score (nSPS) is 18.2.